The molecular weight excluding hydrogens is 444 g/mol. The van der Waals surface area contributed by atoms with E-state index in [0.29, 0.717) is 0 Å². The number of hydrogen-bond donors (Lipinski definition) is 1. The zero-order valence-corrected chi connectivity index (χ0v) is 21.4. The number of piperidine rings is 1. The Morgan fingerprint density at radius 3 is 2.65 bits per heavy atom. The highest BCUT2D eigenvalue weighted by Gasteiger charge is 2.24. The number of nitriles is 1. The quantitative estimate of drug-likeness (QED) is 0.456. The van der Waals surface area contributed by atoms with Crippen molar-refractivity contribution in [2.75, 3.05) is 33.8 Å². The monoisotopic (exact) mass is 480 g/mol. The van der Waals surface area contributed by atoms with Crippen molar-refractivity contribution < 1.29 is 9.26 Å². The van der Waals surface area contributed by atoms with Gasteiger partial charge in [0.2, 0.25) is 0 Å². The van der Waals surface area contributed by atoms with Crippen LogP contribution in [-0.2, 0) is 13.0 Å². The van der Waals surface area contributed by atoms with Gasteiger partial charge < -0.3 is 14.6 Å². The van der Waals surface area contributed by atoms with Gasteiger partial charge in [0.1, 0.15) is 11.8 Å². The van der Waals surface area contributed by atoms with E-state index in [-0.39, 0.29) is 0 Å². The fraction of sp³-hybridized carbons (Fsp3) is 0.556. The van der Waals surface area contributed by atoms with Crippen LogP contribution in [0.1, 0.15) is 53.8 Å². The molecule has 2 aliphatic rings. The number of fused-ring (bicyclic) bond motifs is 1. The van der Waals surface area contributed by atoms with Crippen LogP contribution in [-0.4, -0.2) is 43.8 Å². The molecule has 7 heteroatoms. The van der Waals surface area contributed by atoms with Gasteiger partial charge in [-0.15, -0.1) is 11.3 Å². The molecule has 0 amide bonds. The Balaban J connectivity index is 0.000000868. The van der Waals surface area contributed by atoms with Gasteiger partial charge in [-0.2, -0.15) is 5.26 Å². The number of hydrogen-bond acceptors (Lipinski definition) is 7. The summed E-state index contributed by atoms with van der Waals surface area (Å²) in [6, 6.07) is 8.46. The minimum absolute atomic E-state index is 0.739. The second-order valence-corrected chi connectivity index (χ2v) is 10.6. The zero-order chi connectivity index (χ0) is 23.9. The van der Waals surface area contributed by atoms with Crippen molar-refractivity contribution in [1.29, 1.82) is 5.26 Å². The number of nitrogens with one attached hydrogen (secondary N) is 1. The molecule has 2 aromatic heterocycles. The molecule has 3 heterocycles. The molecule has 1 aromatic carbocycles. The Hall–Kier alpha value is -2.40. The van der Waals surface area contributed by atoms with E-state index in [1.54, 1.807) is 11.3 Å². The largest absolute Gasteiger partial charge is 0.493 e. The maximum atomic E-state index is 8.99. The molecule has 0 bridgehead atoms. The SMILES string of the molecule is CNC.Cc1c(OCC2CC2)ccc2c(CCC3CCN(Cc4cc(C#N)cs4)CC3)noc12. The number of benzene rings is 1. The fourth-order valence-corrected chi connectivity index (χ4v) is 5.37. The van der Waals surface area contributed by atoms with E-state index in [4.69, 9.17) is 14.5 Å². The van der Waals surface area contributed by atoms with E-state index >= 15 is 0 Å². The van der Waals surface area contributed by atoms with Crippen LogP contribution in [0.2, 0.25) is 0 Å². The zero-order valence-electron chi connectivity index (χ0n) is 20.6. The summed E-state index contributed by atoms with van der Waals surface area (Å²) in [5.41, 5.74) is 3.81. The van der Waals surface area contributed by atoms with Crippen molar-refractivity contribution in [2.24, 2.45) is 11.8 Å². The maximum absolute atomic E-state index is 8.99. The van der Waals surface area contributed by atoms with E-state index in [1.165, 1.54) is 30.6 Å². The first-order valence-corrected chi connectivity index (χ1v) is 13.3. The lowest BCUT2D eigenvalue weighted by atomic mass is 9.91. The van der Waals surface area contributed by atoms with Crippen molar-refractivity contribution in [3.8, 4) is 11.8 Å². The molecule has 2 fully saturated rings. The predicted molar refractivity (Wildman–Crippen MR) is 137 cm³/mol. The van der Waals surface area contributed by atoms with E-state index < -0.39 is 0 Å². The molecule has 5 rings (SSSR count). The molecule has 1 saturated heterocycles. The third-order valence-electron chi connectivity index (χ3n) is 6.74. The lowest BCUT2D eigenvalue weighted by molar-refractivity contribution is 0.173. The molecule has 0 spiro atoms. The third kappa shape index (κ3) is 6.38. The van der Waals surface area contributed by atoms with Crippen molar-refractivity contribution in [2.45, 2.75) is 52.0 Å². The highest BCUT2D eigenvalue weighted by atomic mass is 32.1. The Morgan fingerprint density at radius 2 is 1.97 bits per heavy atom. The molecule has 1 aliphatic heterocycles. The fourth-order valence-electron chi connectivity index (χ4n) is 4.51. The molecule has 1 N–H and O–H groups in total. The van der Waals surface area contributed by atoms with Gasteiger partial charge in [-0.1, -0.05) is 5.16 Å². The minimum atomic E-state index is 0.739. The lowest BCUT2D eigenvalue weighted by Crippen LogP contribution is -2.33. The lowest BCUT2D eigenvalue weighted by Gasteiger charge is -2.31. The van der Waals surface area contributed by atoms with E-state index in [9.17, 15) is 0 Å². The minimum Gasteiger partial charge on any atom is -0.493 e. The molecule has 34 heavy (non-hydrogen) atoms. The summed E-state index contributed by atoms with van der Waals surface area (Å²) in [5, 5.41) is 19.2. The van der Waals surface area contributed by atoms with Crippen LogP contribution in [0.25, 0.3) is 11.0 Å². The van der Waals surface area contributed by atoms with Gasteiger partial charge in [-0.25, -0.2) is 0 Å². The van der Waals surface area contributed by atoms with E-state index in [0.717, 1.165) is 84.5 Å². The average molecular weight is 481 g/mol. The second-order valence-electron chi connectivity index (χ2n) is 9.62. The highest BCUT2D eigenvalue weighted by molar-refractivity contribution is 7.10. The molecule has 182 valence electrons. The van der Waals surface area contributed by atoms with Crippen molar-refractivity contribution in [3.05, 3.63) is 45.3 Å². The number of rotatable bonds is 8. The summed E-state index contributed by atoms with van der Waals surface area (Å²) >= 11 is 1.70. The first kappa shape index (κ1) is 24.7. The van der Waals surface area contributed by atoms with Crippen molar-refractivity contribution in [1.82, 2.24) is 15.4 Å². The van der Waals surface area contributed by atoms with Gasteiger partial charge in [-0.3, -0.25) is 4.90 Å². The number of likely N-dealkylation sites (tertiary alicyclic amines) is 1. The van der Waals surface area contributed by atoms with Gasteiger partial charge in [-0.05, 0) is 103 Å². The average Bonchev–Trinajstić information content (AvgIpc) is 3.41. The Kier molecular flexibility index (Phi) is 8.60. The van der Waals surface area contributed by atoms with Crippen LogP contribution in [0.15, 0.2) is 28.1 Å². The maximum Gasteiger partial charge on any atom is 0.173 e. The summed E-state index contributed by atoms with van der Waals surface area (Å²) in [5.74, 6) is 2.41. The molecule has 6 nitrogen and oxygen atoms in total. The van der Waals surface area contributed by atoms with Gasteiger partial charge in [0, 0.05) is 27.8 Å². The predicted octanol–water partition coefficient (Wildman–Crippen LogP) is 5.54. The summed E-state index contributed by atoms with van der Waals surface area (Å²) in [7, 11) is 3.75. The van der Waals surface area contributed by atoms with E-state index in [1.807, 2.05) is 25.5 Å². The highest BCUT2D eigenvalue weighted by Crippen LogP contribution is 2.34. The van der Waals surface area contributed by atoms with Crippen LogP contribution in [0.3, 0.4) is 0 Å². The summed E-state index contributed by atoms with van der Waals surface area (Å²) in [6.45, 7) is 6.12. The topological polar surface area (TPSA) is 74.3 Å². The van der Waals surface area contributed by atoms with E-state index in [2.05, 4.69) is 40.5 Å². The van der Waals surface area contributed by atoms with Gasteiger partial charge in [0.05, 0.1) is 17.9 Å². The first-order valence-electron chi connectivity index (χ1n) is 12.4. The molecule has 1 saturated carbocycles. The summed E-state index contributed by atoms with van der Waals surface area (Å²) in [4.78, 5) is 3.81. The number of thiophene rings is 1. The number of aryl methyl sites for hydroxylation is 2. The Morgan fingerprint density at radius 1 is 1.21 bits per heavy atom. The summed E-state index contributed by atoms with van der Waals surface area (Å²) < 4.78 is 11.7. The van der Waals surface area contributed by atoms with Gasteiger partial charge in [0.15, 0.2) is 5.58 Å². The molecule has 0 atom stereocenters. The second kappa shape index (κ2) is 11.8. The van der Waals surface area contributed by atoms with Crippen LogP contribution in [0, 0.1) is 30.1 Å². The Bertz CT molecular complexity index is 1100. The third-order valence-corrected chi connectivity index (χ3v) is 7.67. The van der Waals surface area contributed by atoms with Crippen molar-refractivity contribution in [3.63, 3.8) is 0 Å². The molecular formula is C27H36N4O2S. The molecule has 1 aliphatic carbocycles. The number of aromatic nitrogens is 1. The van der Waals surface area contributed by atoms with Crippen LogP contribution >= 0.6 is 11.3 Å². The smallest absolute Gasteiger partial charge is 0.173 e. The number of ether oxygens (including phenoxy) is 1. The molecule has 0 unspecified atom stereocenters. The first-order chi connectivity index (χ1) is 16.6. The van der Waals surface area contributed by atoms with Gasteiger partial charge >= 0.3 is 0 Å². The van der Waals surface area contributed by atoms with Crippen LogP contribution in [0.5, 0.6) is 5.75 Å². The Labute approximate surface area is 206 Å². The normalized spacial score (nSPS) is 16.8. The molecule has 0 radical (unpaired) electrons. The van der Waals surface area contributed by atoms with Crippen molar-refractivity contribution >= 4 is 22.3 Å². The van der Waals surface area contributed by atoms with Crippen LogP contribution < -0.4 is 10.1 Å². The standard InChI is InChI=1S/C25H29N3O2S.C2H7N/c1-17-24(29-15-19-2-3-19)7-5-22-23(27-30-25(17)22)6-4-18-8-10-28(11-9-18)14-21-12-20(13-26)16-31-21;1-3-2/h5,7,12,16,18-19H,2-4,6,8-11,14-15H2,1H3;3H,1-2H3. The summed E-state index contributed by atoms with van der Waals surface area (Å²) in [6.07, 6.45) is 7.17. The van der Waals surface area contributed by atoms with Crippen LogP contribution in [0.4, 0.5) is 0 Å². The van der Waals surface area contributed by atoms with Gasteiger partial charge in [0.25, 0.3) is 0 Å². The number of nitrogens with zero attached hydrogens (tertiary/aromatic N) is 3. The molecule has 3 aromatic rings.